The second-order valence-electron chi connectivity index (χ2n) is 8.72. The molecule has 9 nitrogen and oxygen atoms in total. The fourth-order valence-corrected chi connectivity index (χ4v) is 4.38. The van der Waals surface area contributed by atoms with Crippen molar-refractivity contribution in [3.63, 3.8) is 0 Å². The van der Waals surface area contributed by atoms with Crippen LogP contribution in [0.5, 0.6) is 5.75 Å². The molecule has 0 aliphatic carbocycles. The molecule has 1 N–H and O–H groups in total. The Kier molecular flexibility index (Phi) is 5.91. The quantitative estimate of drug-likeness (QED) is 0.429. The molecule has 4 aromatic rings. The molecule has 9 heteroatoms. The summed E-state index contributed by atoms with van der Waals surface area (Å²) < 4.78 is 16.3. The number of fused-ring (bicyclic) bond motifs is 1. The molecule has 0 unspecified atom stereocenters. The van der Waals surface area contributed by atoms with Crippen molar-refractivity contribution >= 4 is 28.3 Å². The summed E-state index contributed by atoms with van der Waals surface area (Å²) in [4.78, 5) is 15.4. The first-order chi connectivity index (χ1) is 16.5. The van der Waals surface area contributed by atoms with Gasteiger partial charge >= 0.3 is 0 Å². The Balaban J connectivity index is 1.36. The molecule has 0 saturated carbocycles. The standard InChI is InChI=1S/C25H27N5O4/c1-15-7-10-21(16(2)13-15)32-14-18-17(3)33-27-22(18)25(31)26-19-8-9-20(24-23(19)28-34-29-24)30-11-5-4-6-12-30/h7-10,13H,4-6,11-12,14H2,1-3H3,(H,26,31). The number of aromatic nitrogens is 3. The van der Waals surface area contributed by atoms with Crippen LogP contribution in [0.15, 0.2) is 39.5 Å². The number of anilines is 2. The van der Waals surface area contributed by atoms with Crippen LogP contribution in [0.25, 0.3) is 11.0 Å². The van der Waals surface area contributed by atoms with Gasteiger partial charge in [0, 0.05) is 13.1 Å². The van der Waals surface area contributed by atoms with Gasteiger partial charge in [-0.15, -0.1) is 0 Å². The number of nitrogens with one attached hydrogen (secondary N) is 1. The number of hydrogen-bond acceptors (Lipinski definition) is 8. The average Bonchev–Trinajstić information content (AvgIpc) is 3.47. The Morgan fingerprint density at radius 1 is 1.03 bits per heavy atom. The molecule has 1 saturated heterocycles. The molecule has 2 aromatic heterocycles. The summed E-state index contributed by atoms with van der Waals surface area (Å²) in [5, 5.41) is 15.0. The third-order valence-electron chi connectivity index (χ3n) is 6.24. The van der Waals surface area contributed by atoms with Gasteiger partial charge in [-0.3, -0.25) is 4.79 Å². The number of nitrogens with zero attached hydrogens (tertiary/aromatic N) is 4. The highest BCUT2D eigenvalue weighted by Crippen LogP contribution is 2.32. The maximum absolute atomic E-state index is 13.1. The zero-order valence-corrected chi connectivity index (χ0v) is 19.6. The molecule has 0 radical (unpaired) electrons. The molecule has 0 atom stereocenters. The van der Waals surface area contributed by atoms with Crippen LogP contribution in [0.2, 0.25) is 0 Å². The van der Waals surface area contributed by atoms with E-state index in [1.54, 1.807) is 6.92 Å². The van der Waals surface area contributed by atoms with E-state index in [1.165, 1.54) is 6.42 Å². The first-order valence-corrected chi connectivity index (χ1v) is 11.5. The fourth-order valence-electron chi connectivity index (χ4n) is 4.38. The predicted molar refractivity (Wildman–Crippen MR) is 127 cm³/mol. The highest BCUT2D eigenvalue weighted by Gasteiger charge is 2.24. The van der Waals surface area contributed by atoms with E-state index in [9.17, 15) is 4.79 Å². The van der Waals surface area contributed by atoms with E-state index in [0.29, 0.717) is 28.0 Å². The van der Waals surface area contributed by atoms with Crippen LogP contribution >= 0.6 is 0 Å². The lowest BCUT2D eigenvalue weighted by Gasteiger charge is -2.28. The average molecular weight is 462 g/mol. The van der Waals surface area contributed by atoms with Crippen molar-refractivity contribution in [2.24, 2.45) is 0 Å². The largest absolute Gasteiger partial charge is 0.488 e. The molecule has 176 valence electrons. The summed E-state index contributed by atoms with van der Waals surface area (Å²) in [6, 6.07) is 9.74. The van der Waals surface area contributed by atoms with Crippen molar-refractivity contribution < 1.29 is 18.7 Å². The van der Waals surface area contributed by atoms with Crippen LogP contribution < -0.4 is 15.0 Å². The van der Waals surface area contributed by atoms with E-state index in [4.69, 9.17) is 13.9 Å². The summed E-state index contributed by atoms with van der Waals surface area (Å²) in [7, 11) is 0. The van der Waals surface area contributed by atoms with Crippen LogP contribution in [0, 0.1) is 20.8 Å². The Bertz CT molecular complexity index is 1340. The van der Waals surface area contributed by atoms with Gasteiger partial charge in [-0.25, -0.2) is 4.63 Å². The van der Waals surface area contributed by atoms with Gasteiger partial charge in [0.15, 0.2) is 16.7 Å². The van der Waals surface area contributed by atoms with Crippen molar-refractivity contribution in [1.82, 2.24) is 15.5 Å². The number of aryl methyl sites for hydroxylation is 3. The van der Waals surface area contributed by atoms with Gasteiger partial charge in [0.25, 0.3) is 5.91 Å². The molecule has 0 bridgehead atoms. The molecule has 1 aliphatic rings. The number of amides is 1. The Morgan fingerprint density at radius 3 is 2.62 bits per heavy atom. The predicted octanol–water partition coefficient (Wildman–Crippen LogP) is 4.96. The topological polar surface area (TPSA) is 107 Å². The van der Waals surface area contributed by atoms with Gasteiger partial charge in [0.1, 0.15) is 18.1 Å². The number of rotatable bonds is 6. The van der Waals surface area contributed by atoms with E-state index in [0.717, 1.165) is 48.5 Å². The lowest BCUT2D eigenvalue weighted by Crippen LogP contribution is -2.29. The van der Waals surface area contributed by atoms with E-state index >= 15 is 0 Å². The van der Waals surface area contributed by atoms with Crippen molar-refractivity contribution in [2.45, 2.75) is 46.6 Å². The van der Waals surface area contributed by atoms with Crippen molar-refractivity contribution in [1.29, 1.82) is 0 Å². The first-order valence-electron chi connectivity index (χ1n) is 11.5. The minimum atomic E-state index is -0.411. The Hall–Kier alpha value is -3.88. The minimum absolute atomic E-state index is 0.164. The molecule has 5 rings (SSSR count). The van der Waals surface area contributed by atoms with E-state index in [2.05, 4.69) is 25.7 Å². The summed E-state index contributed by atoms with van der Waals surface area (Å²) in [6.45, 7) is 7.88. The summed E-state index contributed by atoms with van der Waals surface area (Å²) in [5.41, 5.74) is 5.56. The van der Waals surface area contributed by atoms with Gasteiger partial charge in [-0.05, 0) is 74.1 Å². The van der Waals surface area contributed by atoms with Crippen molar-refractivity contribution in [2.75, 3.05) is 23.3 Å². The second-order valence-corrected chi connectivity index (χ2v) is 8.72. The summed E-state index contributed by atoms with van der Waals surface area (Å²) in [6.07, 6.45) is 3.52. The van der Waals surface area contributed by atoms with E-state index in [1.807, 2.05) is 44.2 Å². The number of carbonyl (C=O) groups is 1. The number of ether oxygens (including phenoxy) is 1. The summed E-state index contributed by atoms with van der Waals surface area (Å²) >= 11 is 0. The lowest BCUT2D eigenvalue weighted by molar-refractivity contribution is 0.101. The van der Waals surface area contributed by atoms with Crippen LogP contribution in [-0.4, -0.2) is 34.5 Å². The van der Waals surface area contributed by atoms with Crippen molar-refractivity contribution in [3.8, 4) is 5.75 Å². The number of piperidine rings is 1. The van der Waals surface area contributed by atoms with Crippen LogP contribution in [0.4, 0.5) is 11.4 Å². The van der Waals surface area contributed by atoms with Crippen LogP contribution in [-0.2, 0) is 6.61 Å². The maximum atomic E-state index is 13.1. The summed E-state index contributed by atoms with van der Waals surface area (Å²) in [5.74, 6) is 0.871. The van der Waals surface area contributed by atoms with Gasteiger partial charge in [0.05, 0.1) is 16.9 Å². The maximum Gasteiger partial charge on any atom is 0.278 e. The highest BCUT2D eigenvalue weighted by molar-refractivity contribution is 6.09. The molecule has 1 amide bonds. The number of benzene rings is 2. The smallest absolute Gasteiger partial charge is 0.278 e. The monoisotopic (exact) mass is 461 g/mol. The minimum Gasteiger partial charge on any atom is -0.488 e. The fraction of sp³-hybridized carbons (Fsp3) is 0.360. The van der Waals surface area contributed by atoms with Crippen LogP contribution in [0.1, 0.15) is 52.2 Å². The van der Waals surface area contributed by atoms with Crippen LogP contribution in [0.3, 0.4) is 0 Å². The van der Waals surface area contributed by atoms with E-state index in [-0.39, 0.29) is 12.3 Å². The Morgan fingerprint density at radius 2 is 1.82 bits per heavy atom. The zero-order valence-electron chi connectivity index (χ0n) is 19.6. The molecule has 0 spiro atoms. The molecule has 2 aromatic carbocycles. The second kappa shape index (κ2) is 9.17. The highest BCUT2D eigenvalue weighted by atomic mass is 16.6. The van der Waals surface area contributed by atoms with Crippen molar-refractivity contribution in [3.05, 3.63) is 58.5 Å². The SMILES string of the molecule is Cc1ccc(OCc2c(C(=O)Nc3ccc(N4CCCCC4)c4nonc34)noc2C)c(C)c1. The number of carbonyl (C=O) groups excluding carboxylic acids is 1. The molecule has 1 aliphatic heterocycles. The third kappa shape index (κ3) is 4.21. The zero-order chi connectivity index (χ0) is 23.7. The molecular weight excluding hydrogens is 434 g/mol. The molecule has 3 heterocycles. The van der Waals surface area contributed by atoms with E-state index < -0.39 is 5.91 Å². The van der Waals surface area contributed by atoms with Gasteiger partial charge in [0.2, 0.25) is 0 Å². The number of hydrogen-bond donors (Lipinski definition) is 1. The Labute approximate surface area is 197 Å². The normalized spacial score (nSPS) is 13.9. The molecule has 34 heavy (non-hydrogen) atoms. The van der Waals surface area contributed by atoms with Gasteiger partial charge in [-0.1, -0.05) is 22.9 Å². The van der Waals surface area contributed by atoms with Gasteiger partial charge in [-0.2, -0.15) is 0 Å². The first kappa shape index (κ1) is 21.9. The molecule has 1 fully saturated rings. The third-order valence-corrected chi connectivity index (χ3v) is 6.24. The van der Waals surface area contributed by atoms with Gasteiger partial charge < -0.3 is 19.5 Å². The molecular formula is C25H27N5O4. The lowest BCUT2D eigenvalue weighted by atomic mass is 10.1.